The molecule has 4 N–H and O–H groups in total. The van der Waals surface area contributed by atoms with E-state index in [9.17, 15) is 42.8 Å². The number of sulfone groups is 1. The number of rotatable bonds is 12. The predicted molar refractivity (Wildman–Crippen MR) is 180 cm³/mol. The van der Waals surface area contributed by atoms with E-state index < -0.39 is 58.6 Å². The minimum atomic E-state index is -4.82. The van der Waals surface area contributed by atoms with Crippen LogP contribution in [0, 0.1) is 0 Å². The van der Waals surface area contributed by atoms with Crippen molar-refractivity contribution in [3.05, 3.63) is 90.3 Å². The zero-order chi connectivity index (χ0) is 35.8. The summed E-state index contributed by atoms with van der Waals surface area (Å²) >= 11 is 0. The van der Waals surface area contributed by atoms with E-state index in [-0.39, 0.29) is 33.2 Å². The molecule has 2 aliphatic rings. The van der Waals surface area contributed by atoms with E-state index in [1.54, 1.807) is 60.2 Å². The van der Waals surface area contributed by atoms with Gasteiger partial charge in [-0.05, 0) is 42.5 Å². The Bertz CT molecular complexity index is 2560. The standard InChI is InChI=1S/C30H28N2O13S4/c1-32(13-15-47(35,36)37)22-10-12-25-28(19-22)45-27-18-21(9-11-24(27)30(25)26-7-2-3-8-29(26)48(38,39)40)31-20-5-4-6-23(17-20)46(33,34)16-14-44-49(41,42)43/h2-12,17-19H,13-16H2,1H3,(H3,35,36,37,38,39,40,41,42,43)/p+1. The fourth-order valence-electron chi connectivity index (χ4n) is 5.06. The van der Waals surface area contributed by atoms with Crippen molar-refractivity contribution in [1.82, 2.24) is 4.58 Å². The first-order valence-electron chi connectivity index (χ1n) is 14.1. The summed E-state index contributed by atoms with van der Waals surface area (Å²) in [5.74, 6) is -0.987. The molecular weight excluding hydrogens is 725 g/mol. The van der Waals surface area contributed by atoms with Gasteiger partial charge >= 0.3 is 10.4 Å². The lowest BCUT2D eigenvalue weighted by Gasteiger charge is -2.17. The second-order valence-electron chi connectivity index (χ2n) is 10.8. The topological polar surface area (TPSA) is 235 Å². The fourth-order valence-corrected chi connectivity index (χ4v) is 7.80. The highest BCUT2D eigenvalue weighted by Crippen LogP contribution is 2.42. The van der Waals surface area contributed by atoms with Crippen molar-refractivity contribution in [1.29, 1.82) is 0 Å². The van der Waals surface area contributed by atoms with E-state index in [1.165, 1.54) is 36.4 Å². The van der Waals surface area contributed by atoms with Crippen molar-refractivity contribution < 1.29 is 55.9 Å². The highest BCUT2D eigenvalue weighted by atomic mass is 32.3. The summed E-state index contributed by atoms with van der Waals surface area (Å²) in [7, 11) is -16.1. The Morgan fingerprint density at radius 1 is 0.755 bits per heavy atom. The van der Waals surface area contributed by atoms with Gasteiger partial charge in [0.2, 0.25) is 5.36 Å². The van der Waals surface area contributed by atoms with E-state index >= 15 is 0 Å². The van der Waals surface area contributed by atoms with Gasteiger partial charge in [0.05, 0.1) is 23.3 Å². The van der Waals surface area contributed by atoms with E-state index in [0.29, 0.717) is 33.2 Å². The molecule has 1 aliphatic carbocycles. The van der Waals surface area contributed by atoms with E-state index in [2.05, 4.69) is 9.50 Å². The molecule has 0 spiro atoms. The average Bonchev–Trinajstić information content (AvgIpc) is 3.01. The van der Waals surface area contributed by atoms with Gasteiger partial charge in [-0.15, -0.1) is 0 Å². The third kappa shape index (κ3) is 8.88. The molecule has 1 heterocycles. The predicted octanol–water partition coefficient (Wildman–Crippen LogP) is 3.08. The SMILES string of the molecule is C[N+](CCS(=O)(=O)O)=c1ccc2c(-c3ccccc3S(=O)(=O)O)c3ccc(Nc4cccc(S(=O)(=O)CCOS(=O)(=O)O)c4)cc3oc-2c1. The van der Waals surface area contributed by atoms with Gasteiger partial charge in [0, 0.05) is 45.6 Å². The molecule has 49 heavy (non-hydrogen) atoms. The molecule has 1 aliphatic heterocycles. The molecule has 0 saturated heterocycles. The molecule has 5 rings (SSSR count). The molecule has 0 atom stereocenters. The molecule has 0 radical (unpaired) electrons. The zero-order valence-corrected chi connectivity index (χ0v) is 28.7. The summed E-state index contributed by atoms with van der Waals surface area (Å²) in [5.41, 5.74) is 2.06. The van der Waals surface area contributed by atoms with Gasteiger partial charge in [-0.1, -0.05) is 24.3 Å². The molecule has 0 saturated carbocycles. The Labute approximate surface area is 281 Å². The summed E-state index contributed by atoms with van der Waals surface area (Å²) in [6, 6.07) is 21.3. The van der Waals surface area contributed by atoms with Crippen molar-refractivity contribution >= 4 is 62.8 Å². The maximum atomic E-state index is 12.8. The van der Waals surface area contributed by atoms with Crippen LogP contribution in [-0.2, 0) is 44.7 Å². The highest BCUT2D eigenvalue weighted by molar-refractivity contribution is 7.91. The first-order valence-corrected chi connectivity index (χ1v) is 20.2. The Morgan fingerprint density at radius 2 is 1.47 bits per heavy atom. The van der Waals surface area contributed by atoms with Crippen LogP contribution in [0.3, 0.4) is 0 Å². The Balaban J connectivity index is 1.63. The zero-order valence-electron chi connectivity index (χ0n) is 25.4. The number of benzene rings is 4. The molecule has 19 heteroatoms. The summed E-state index contributed by atoms with van der Waals surface area (Å²) in [6.07, 6.45) is 0. The molecule has 3 aromatic rings. The van der Waals surface area contributed by atoms with E-state index in [4.69, 9.17) is 8.97 Å². The Hall–Kier alpha value is -4.21. The van der Waals surface area contributed by atoms with Gasteiger partial charge in [0.25, 0.3) is 20.2 Å². The number of hydrogen-bond acceptors (Lipinski definition) is 11. The lowest BCUT2D eigenvalue weighted by molar-refractivity contribution is 0.284. The third-order valence-corrected chi connectivity index (χ3v) is 11.1. The lowest BCUT2D eigenvalue weighted by atomic mass is 9.93. The summed E-state index contributed by atoms with van der Waals surface area (Å²) in [6.45, 7) is -0.840. The van der Waals surface area contributed by atoms with Gasteiger partial charge in [-0.2, -0.15) is 25.3 Å². The number of fused-ring (bicyclic) bond motifs is 2. The Morgan fingerprint density at radius 3 is 2.16 bits per heavy atom. The molecule has 0 aromatic heterocycles. The van der Waals surface area contributed by atoms with E-state index in [1.807, 2.05) is 0 Å². The van der Waals surface area contributed by atoms with Crippen molar-refractivity contribution in [2.75, 3.05) is 37.0 Å². The van der Waals surface area contributed by atoms with Gasteiger partial charge in [0.15, 0.2) is 16.4 Å². The Kier molecular flexibility index (Phi) is 10.0. The van der Waals surface area contributed by atoms with E-state index in [0.717, 1.165) is 0 Å². The number of anilines is 2. The quantitative estimate of drug-likeness (QED) is 0.0815. The van der Waals surface area contributed by atoms with Crippen LogP contribution in [-0.4, -0.2) is 79.0 Å². The third-order valence-electron chi connectivity index (χ3n) is 7.33. The summed E-state index contributed by atoms with van der Waals surface area (Å²) < 4.78 is 135. The molecule has 260 valence electrons. The molecule has 0 fully saturated rings. The van der Waals surface area contributed by atoms with Gasteiger partial charge in [-0.3, -0.25) is 13.7 Å². The number of nitrogens with zero attached hydrogens (tertiary/aromatic N) is 1. The van der Waals surface area contributed by atoms with Crippen LogP contribution < -0.4 is 15.2 Å². The normalized spacial score (nSPS) is 13.5. The fraction of sp³-hybridized carbons (Fsp3) is 0.167. The van der Waals surface area contributed by atoms with Crippen LogP contribution >= 0.6 is 0 Å². The van der Waals surface area contributed by atoms with Crippen molar-refractivity contribution in [3.8, 4) is 22.5 Å². The van der Waals surface area contributed by atoms with Crippen LogP contribution in [0.2, 0.25) is 0 Å². The van der Waals surface area contributed by atoms with Gasteiger partial charge < -0.3 is 9.73 Å². The number of nitrogens with one attached hydrogen (secondary N) is 1. The first-order chi connectivity index (χ1) is 22.8. The minimum absolute atomic E-state index is 0.0488. The van der Waals surface area contributed by atoms with Crippen molar-refractivity contribution in [3.63, 3.8) is 0 Å². The summed E-state index contributed by atoms with van der Waals surface area (Å²) in [4.78, 5) is -0.497. The van der Waals surface area contributed by atoms with Crippen molar-refractivity contribution in [2.45, 2.75) is 9.79 Å². The largest absolute Gasteiger partial charge is 0.456 e. The maximum absolute atomic E-state index is 12.8. The average molecular weight is 754 g/mol. The van der Waals surface area contributed by atoms with Crippen LogP contribution in [0.25, 0.3) is 33.4 Å². The smallest absolute Gasteiger partial charge is 0.397 e. The first kappa shape index (κ1) is 36.1. The van der Waals surface area contributed by atoms with Gasteiger partial charge in [-0.25, -0.2) is 17.2 Å². The second-order valence-corrected chi connectivity index (χ2v) is 16.9. The molecule has 0 unspecified atom stereocenters. The molecular formula is C30H29N2O13S4+. The molecule has 3 aromatic carbocycles. The van der Waals surface area contributed by atoms with Crippen LogP contribution in [0.15, 0.2) is 99.1 Å². The van der Waals surface area contributed by atoms with Crippen LogP contribution in [0.1, 0.15) is 0 Å². The highest BCUT2D eigenvalue weighted by Gasteiger charge is 2.24. The number of hydrogen-bond donors (Lipinski definition) is 4. The van der Waals surface area contributed by atoms with Gasteiger partial charge in [0.1, 0.15) is 29.0 Å². The summed E-state index contributed by atoms with van der Waals surface area (Å²) in [5, 5.41) is 4.05. The monoisotopic (exact) mass is 753 g/mol. The van der Waals surface area contributed by atoms with Crippen LogP contribution in [0.5, 0.6) is 0 Å². The maximum Gasteiger partial charge on any atom is 0.397 e. The van der Waals surface area contributed by atoms with Crippen LogP contribution in [0.4, 0.5) is 11.4 Å². The second kappa shape index (κ2) is 13.6. The molecule has 0 amide bonds. The lowest BCUT2D eigenvalue weighted by Crippen LogP contribution is -2.30. The molecule has 0 bridgehead atoms. The minimum Gasteiger partial charge on any atom is -0.456 e. The van der Waals surface area contributed by atoms with Crippen molar-refractivity contribution in [2.24, 2.45) is 0 Å². The molecule has 15 nitrogen and oxygen atoms in total.